The number of benzene rings is 1. The zero-order valence-corrected chi connectivity index (χ0v) is 12.5. The summed E-state index contributed by atoms with van der Waals surface area (Å²) in [6.45, 7) is 8.57. The van der Waals surface area contributed by atoms with E-state index in [0.717, 1.165) is 32.5 Å². The molecule has 0 saturated carbocycles. The van der Waals surface area contributed by atoms with Crippen molar-refractivity contribution in [2.75, 3.05) is 33.5 Å². The molecule has 3 nitrogen and oxygen atoms in total. The summed E-state index contributed by atoms with van der Waals surface area (Å²) in [5, 5.41) is 3.51. The van der Waals surface area contributed by atoms with E-state index in [1.807, 2.05) is 0 Å². The van der Waals surface area contributed by atoms with Gasteiger partial charge in [-0.1, -0.05) is 18.2 Å². The van der Waals surface area contributed by atoms with Crippen LogP contribution in [0.2, 0.25) is 0 Å². The molecule has 1 aromatic rings. The molecule has 0 bridgehead atoms. The highest BCUT2D eigenvalue weighted by atomic mass is 16.5. The molecule has 3 heteroatoms. The van der Waals surface area contributed by atoms with Crippen molar-refractivity contribution < 1.29 is 9.47 Å². The first-order chi connectivity index (χ1) is 9.25. The van der Waals surface area contributed by atoms with Crippen LogP contribution in [0.1, 0.15) is 29.5 Å². The van der Waals surface area contributed by atoms with Crippen molar-refractivity contribution in [3.8, 4) is 0 Å². The minimum atomic E-state index is 0.685. The maximum Gasteiger partial charge on any atom is 0.0700 e. The minimum absolute atomic E-state index is 0.685. The molecule has 0 heterocycles. The van der Waals surface area contributed by atoms with Crippen LogP contribution in [0, 0.1) is 13.8 Å². The Morgan fingerprint density at radius 2 is 1.74 bits per heavy atom. The van der Waals surface area contributed by atoms with Crippen molar-refractivity contribution in [3.05, 3.63) is 34.9 Å². The summed E-state index contributed by atoms with van der Waals surface area (Å²) in [4.78, 5) is 0. The lowest BCUT2D eigenvalue weighted by molar-refractivity contribution is 0.0688. The fraction of sp³-hybridized carbons (Fsp3) is 0.625. The molecule has 1 N–H and O–H groups in total. The van der Waals surface area contributed by atoms with Crippen LogP contribution < -0.4 is 5.32 Å². The van der Waals surface area contributed by atoms with Gasteiger partial charge in [0, 0.05) is 20.3 Å². The average molecular weight is 265 g/mol. The Bertz CT molecular complexity index is 332. The Hall–Kier alpha value is -0.900. The maximum absolute atomic E-state index is 5.42. The van der Waals surface area contributed by atoms with Crippen LogP contribution in [-0.4, -0.2) is 33.5 Å². The number of rotatable bonds is 10. The van der Waals surface area contributed by atoms with Gasteiger partial charge >= 0.3 is 0 Å². The van der Waals surface area contributed by atoms with Gasteiger partial charge in [0.15, 0.2) is 0 Å². The van der Waals surface area contributed by atoms with Crippen LogP contribution in [0.5, 0.6) is 0 Å². The van der Waals surface area contributed by atoms with Gasteiger partial charge in [-0.05, 0) is 49.9 Å². The zero-order valence-electron chi connectivity index (χ0n) is 12.5. The first kappa shape index (κ1) is 16.2. The SMILES string of the molecule is COCCOCCCCNCc1c(C)cccc1C. The van der Waals surface area contributed by atoms with Gasteiger partial charge in [-0.2, -0.15) is 0 Å². The van der Waals surface area contributed by atoms with Gasteiger partial charge < -0.3 is 14.8 Å². The molecule has 0 aliphatic rings. The second-order valence-electron chi connectivity index (χ2n) is 4.86. The first-order valence-corrected chi connectivity index (χ1v) is 7.08. The smallest absolute Gasteiger partial charge is 0.0700 e. The van der Waals surface area contributed by atoms with Crippen LogP contribution >= 0.6 is 0 Å². The van der Waals surface area contributed by atoms with E-state index < -0.39 is 0 Å². The number of ether oxygens (including phenoxy) is 2. The number of hydrogen-bond donors (Lipinski definition) is 1. The Morgan fingerprint density at radius 1 is 1.00 bits per heavy atom. The number of methoxy groups -OCH3 is 1. The predicted molar refractivity (Wildman–Crippen MR) is 79.6 cm³/mol. The third-order valence-electron chi connectivity index (χ3n) is 3.27. The van der Waals surface area contributed by atoms with E-state index in [1.54, 1.807) is 7.11 Å². The molecule has 0 aromatic heterocycles. The van der Waals surface area contributed by atoms with Gasteiger partial charge in [-0.3, -0.25) is 0 Å². The molecule has 1 aromatic carbocycles. The Labute approximate surface area is 117 Å². The highest BCUT2D eigenvalue weighted by molar-refractivity contribution is 5.33. The topological polar surface area (TPSA) is 30.5 Å². The highest BCUT2D eigenvalue weighted by Crippen LogP contribution is 2.12. The molecule has 0 spiro atoms. The summed E-state index contributed by atoms with van der Waals surface area (Å²) in [5.74, 6) is 0. The Kier molecular flexibility index (Phi) is 8.47. The quantitative estimate of drug-likeness (QED) is 0.660. The van der Waals surface area contributed by atoms with E-state index in [9.17, 15) is 0 Å². The van der Waals surface area contributed by atoms with Gasteiger partial charge in [0.1, 0.15) is 0 Å². The fourth-order valence-corrected chi connectivity index (χ4v) is 2.04. The lowest BCUT2D eigenvalue weighted by Gasteiger charge is -2.11. The summed E-state index contributed by atoms with van der Waals surface area (Å²) in [6, 6.07) is 6.47. The summed E-state index contributed by atoms with van der Waals surface area (Å²) >= 11 is 0. The molecule has 0 atom stereocenters. The van der Waals surface area contributed by atoms with Crippen LogP contribution in [0.3, 0.4) is 0 Å². The number of aryl methyl sites for hydroxylation is 2. The molecule has 19 heavy (non-hydrogen) atoms. The second-order valence-corrected chi connectivity index (χ2v) is 4.86. The largest absolute Gasteiger partial charge is 0.382 e. The second kappa shape index (κ2) is 9.96. The van der Waals surface area contributed by atoms with E-state index in [-0.39, 0.29) is 0 Å². The molecule has 0 aliphatic carbocycles. The predicted octanol–water partition coefficient (Wildman–Crippen LogP) is 2.84. The van der Waals surface area contributed by atoms with Crippen molar-refractivity contribution in [2.24, 2.45) is 0 Å². The van der Waals surface area contributed by atoms with E-state index in [4.69, 9.17) is 9.47 Å². The number of unbranched alkanes of at least 4 members (excludes halogenated alkanes) is 1. The van der Waals surface area contributed by atoms with Crippen molar-refractivity contribution in [1.29, 1.82) is 0 Å². The van der Waals surface area contributed by atoms with Gasteiger partial charge in [-0.25, -0.2) is 0 Å². The highest BCUT2D eigenvalue weighted by Gasteiger charge is 2.00. The monoisotopic (exact) mass is 265 g/mol. The van der Waals surface area contributed by atoms with Gasteiger partial charge in [0.2, 0.25) is 0 Å². The normalized spacial score (nSPS) is 10.9. The van der Waals surface area contributed by atoms with Crippen molar-refractivity contribution in [3.63, 3.8) is 0 Å². The number of hydrogen-bond acceptors (Lipinski definition) is 3. The summed E-state index contributed by atoms with van der Waals surface area (Å²) in [7, 11) is 1.70. The molecule has 0 aliphatic heterocycles. The van der Waals surface area contributed by atoms with Gasteiger partial charge in [0.25, 0.3) is 0 Å². The molecule has 0 fully saturated rings. The van der Waals surface area contributed by atoms with E-state index in [1.165, 1.54) is 16.7 Å². The molecule has 0 unspecified atom stereocenters. The standard InChI is InChI=1S/C16H27NO2/c1-14-7-6-8-15(2)16(14)13-17-9-4-5-10-19-12-11-18-3/h6-8,17H,4-5,9-13H2,1-3H3. The molecule has 108 valence electrons. The Morgan fingerprint density at radius 3 is 2.42 bits per heavy atom. The van der Waals surface area contributed by atoms with Crippen molar-refractivity contribution in [1.82, 2.24) is 5.32 Å². The summed E-state index contributed by atoms with van der Waals surface area (Å²) < 4.78 is 10.3. The van der Waals surface area contributed by atoms with Crippen LogP contribution in [0.25, 0.3) is 0 Å². The third kappa shape index (κ3) is 6.71. The molecule has 0 radical (unpaired) electrons. The summed E-state index contributed by atoms with van der Waals surface area (Å²) in [5.41, 5.74) is 4.17. The van der Waals surface area contributed by atoms with Gasteiger partial charge in [-0.15, -0.1) is 0 Å². The van der Waals surface area contributed by atoms with Crippen molar-refractivity contribution in [2.45, 2.75) is 33.2 Å². The Balaban J connectivity index is 2.05. The van der Waals surface area contributed by atoms with Crippen molar-refractivity contribution >= 4 is 0 Å². The number of nitrogens with one attached hydrogen (secondary N) is 1. The maximum atomic E-state index is 5.42. The molecular formula is C16H27NO2. The van der Waals surface area contributed by atoms with Gasteiger partial charge in [0.05, 0.1) is 13.2 Å². The van der Waals surface area contributed by atoms with E-state index >= 15 is 0 Å². The van der Waals surface area contributed by atoms with E-state index in [2.05, 4.69) is 37.4 Å². The molecule has 0 amide bonds. The first-order valence-electron chi connectivity index (χ1n) is 7.08. The van der Waals surface area contributed by atoms with Crippen LogP contribution in [0.15, 0.2) is 18.2 Å². The minimum Gasteiger partial charge on any atom is -0.382 e. The third-order valence-corrected chi connectivity index (χ3v) is 3.27. The van der Waals surface area contributed by atoms with Crippen LogP contribution in [0.4, 0.5) is 0 Å². The van der Waals surface area contributed by atoms with E-state index in [0.29, 0.717) is 13.2 Å². The lowest BCUT2D eigenvalue weighted by atomic mass is 10.0. The summed E-state index contributed by atoms with van der Waals surface area (Å²) in [6.07, 6.45) is 2.25. The fourth-order valence-electron chi connectivity index (χ4n) is 2.04. The molecule has 1 rings (SSSR count). The van der Waals surface area contributed by atoms with Crippen LogP contribution in [-0.2, 0) is 16.0 Å². The average Bonchev–Trinajstić information content (AvgIpc) is 2.40. The lowest BCUT2D eigenvalue weighted by Crippen LogP contribution is -2.17. The molecular weight excluding hydrogens is 238 g/mol. The zero-order chi connectivity index (χ0) is 13.9. The molecule has 0 saturated heterocycles.